The Kier molecular flexibility index (Phi) is 7.16. The minimum Gasteiger partial charge on any atom is -0.383 e. The number of amides is 1. The fraction of sp³-hybridized carbons (Fsp3) is 0.533. The molecule has 1 amide bonds. The average Bonchev–Trinajstić information content (AvgIpc) is 2.45. The van der Waals surface area contributed by atoms with Gasteiger partial charge in [-0.3, -0.25) is 4.79 Å². The Labute approximate surface area is 128 Å². The van der Waals surface area contributed by atoms with Crippen LogP contribution in [0.5, 0.6) is 0 Å². The van der Waals surface area contributed by atoms with Gasteiger partial charge < -0.3 is 9.64 Å². The lowest BCUT2D eigenvalue weighted by Gasteiger charge is -2.30. The van der Waals surface area contributed by atoms with Gasteiger partial charge in [-0.1, -0.05) is 19.9 Å². The van der Waals surface area contributed by atoms with Crippen LogP contribution in [0, 0.1) is 5.82 Å². The zero-order chi connectivity index (χ0) is 15.1. The number of carbonyl (C=O) groups excluding carboxylic acids is 1. The fourth-order valence-corrected chi connectivity index (χ4v) is 2.56. The van der Waals surface area contributed by atoms with Crippen molar-refractivity contribution < 1.29 is 13.9 Å². The van der Waals surface area contributed by atoms with Gasteiger partial charge in [0.25, 0.3) is 5.91 Å². The topological polar surface area (TPSA) is 29.5 Å². The molecule has 3 nitrogen and oxygen atoms in total. The van der Waals surface area contributed by atoms with E-state index in [0.717, 1.165) is 12.8 Å². The molecule has 0 saturated carbocycles. The van der Waals surface area contributed by atoms with Gasteiger partial charge in [-0.2, -0.15) is 0 Å². The SMILES string of the molecule is CCC(CC)N(CCOC)C(=O)c1cccc(Br)c1F. The van der Waals surface area contributed by atoms with Crippen molar-refractivity contribution in [1.29, 1.82) is 0 Å². The monoisotopic (exact) mass is 345 g/mol. The van der Waals surface area contributed by atoms with Gasteiger partial charge in [0.05, 0.1) is 16.6 Å². The second kappa shape index (κ2) is 8.37. The zero-order valence-corrected chi connectivity index (χ0v) is 13.7. The molecule has 1 aromatic carbocycles. The summed E-state index contributed by atoms with van der Waals surface area (Å²) in [6.45, 7) is 4.96. The zero-order valence-electron chi connectivity index (χ0n) is 12.2. The van der Waals surface area contributed by atoms with E-state index < -0.39 is 5.82 Å². The van der Waals surface area contributed by atoms with Crippen LogP contribution in [0.3, 0.4) is 0 Å². The molecular formula is C15H21BrFNO2. The number of nitrogens with zero attached hydrogens (tertiary/aromatic N) is 1. The number of methoxy groups -OCH3 is 1. The van der Waals surface area contributed by atoms with Gasteiger partial charge in [0.15, 0.2) is 0 Å². The van der Waals surface area contributed by atoms with E-state index in [0.29, 0.717) is 17.6 Å². The van der Waals surface area contributed by atoms with Crippen molar-refractivity contribution in [2.24, 2.45) is 0 Å². The van der Waals surface area contributed by atoms with E-state index in [1.54, 1.807) is 24.1 Å². The van der Waals surface area contributed by atoms with E-state index >= 15 is 0 Å². The minimum atomic E-state index is -0.508. The predicted octanol–water partition coefficient (Wildman–Crippen LogP) is 3.87. The van der Waals surface area contributed by atoms with Crippen molar-refractivity contribution in [3.63, 3.8) is 0 Å². The third-order valence-electron chi connectivity index (χ3n) is 3.36. The summed E-state index contributed by atoms with van der Waals surface area (Å²) in [5, 5.41) is 0. The number of carbonyl (C=O) groups is 1. The second-order valence-corrected chi connectivity index (χ2v) is 5.42. The average molecular weight is 346 g/mol. The molecule has 0 atom stereocenters. The van der Waals surface area contributed by atoms with E-state index in [2.05, 4.69) is 15.9 Å². The van der Waals surface area contributed by atoms with Crippen molar-refractivity contribution in [2.75, 3.05) is 20.3 Å². The van der Waals surface area contributed by atoms with Gasteiger partial charge in [0.1, 0.15) is 5.82 Å². The molecule has 0 aliphatic heterocycles. The van der Waals surface area contributed by atoms with E-state index in [1.807, 2.05) is 13.8 Å². The highest BCUT2D eigenvalue weighted by atomic mass is 79.9. The number of halogens is 2. The van der Waals surface area contributed by atoms with Crippen LogP contribution in [-0.2, 0) is 4.74 Å². The predicted molar refractivity (Wildman–Crippen MR) is 81.4 cm³/mol. The smallest absolute Gasteiger partial charge is 0.257 e. The first kappa shape index (κ1) is 17.1. The van der Waals surface area contributed by atoms with Crippen LogP contribution >= 0.6 is 15.9 Å². The largest absolute Gasteiger partial charge is 0.383 e. The first-order valence-electron chi connectivity index (χ1n) is 6.80. The van der Waals surface area contributed by atoms with E-state index in [9.17, 15) is 9.18 Å². The number of hydrogen-bond acceptors (Lipinski definition) is 2. The van der Waals surface area contributed by atoms with Gasteiger partial charge >= 0.3 is 0 Å². The van der Waals surface area contributed by atoms with Crippen molar-refractivity contribution in [3.05, 3.63) is 34.1 Å². The lowest BCUT2D eigenvalue weighted by molar-refractivity contribution is 0.0584. The van der Waals surface area contributed by atoms with E-state index in [-0.39, 0.29) is 17.5 Å². The third kappa shape index (κ3) is 4.03. The van der Waals surface area contributed by atoms with Crippen molar-refractivity contribution in [1.82, 2.24) is 4.90 Å². The molecule has 0 aromatic heterocycles. The molecule has 20 heavy (non-hydrogen) atoms. The van der Waals surface area contributed by atoms with E-state index in [4.69, 9.17) is 4.74 Å². The molecule has 112 valence electrons. The Morgan fingerprint density at radius 1 is 1.40 bits per heavy atom. The highest BCUT2D eigenvalue weighted by Gasteiger charge is 2.25. The summed E-state index contributed by atoms with van der Waals surface area (Å²) in [4.78, 5) is 14.3. The maximum absolute atomic E-state index is 14.1. The quantitative estimate of drug-likeness (QED) is 0.750. The molecule has 0 spiro atoms. The summed E-state index contributed by atoms with van der Waals surface area (Å²) in [6, 6.07) is 4.87. The van der Waals surface area contributed by atoms with Gasteiger partial charge in [0, 0.05) is 19.7 Å². The van der Waals surface area contributed by atoms with Gasteiger partial charge in [0.2, 0.25) is 0 Å². The summed E-state index contributed by atoms with van der Waals surface area (Å²) in [7, 11) is 1.59. The molecule has 0 radical (unpaired) electrons. The van der Waals surface area contributed by atoms with Crippen LogP contribution in [0.1, 0.15) is 37.0 Å². The molecule has 1 aromatic rings. The van der Waals surface area contributed by atoms with Gasteiger partial charge in [-0.25, -0.2) is 4.39 Å². The number of rotatable bonds is 7. The lowest BCUT2D eigenvalue weighted by atomic mass is 10.1. The number of hydrogen-bond donors (Lipinski definition) is 0. The summed E-state index contributed by atoms with van der Waals surface area (Å²) >= 11 is 3.12. The molecule has 0 bridgehead atoms. The second-order valence-electron chi connectivity index (χ2n) is 4.56. The first-order valence-corrected chi connectivity index (χ1v) is 7.59. The number of benzene rings is 1. The molecule has 1 rings (SSSR count). The molecule has 0 aliphatic carbocycles. The fourth-order valence-electron chi connectivity index (χ4n) is 2.19. The summed E-state index contributed by atoms with van der Waals surface area (Å²) < 4.78 is 19.4. The van der Waals surface area contributed by atoms with Gasteiger partial charge in [-0.15, -0.1) is 0 Å². The first-order chi connectivity index (χ1) is 9.56. The van der Waals surface area contributed by atoms with E-state index in [1.165, 1.54) is 6.07 Å². The third-order valence-corrected chi connectivity index (χ3v) is 3.97. The minimum absolute atomic E-state index is 0.0935. The summed E-state index contributed by atoms with van der Waals surface area (Å²) in [6.07, 6.45) is 1.67. The Bertz CT molecular complexity index is 449. The Morgan fingerprint density at radius 2 is 2.05 bits per heavy atom. The van der Waals surface area contributed by atoms with Crippen molar-refractivity contribution in [2.45, 2.75) is 32.7 Å². The highest BCUT2D eigenvalue weighted by Crippen LogP contribution is 2.21. The molecular weight excluding hydrogens is 325 g/mol. The van der Waals surface area contributed by atoms with Crippen LogP contribution in [-0.4, -0.2) is 37.1 Å². The summed E-state index contributed by atoms with van der Waals surface area (Å²) in [5.41, 5.74) is 0.0994. The normalized spacial score (nSPS) is 10.9. The van der Waals surface area contributed by atoms with Crippen molar-refractivity contribution >= 4 is 21.8 Å². The lowest BCUT2D eigenvalue weighted by Crippen LogP contribution is -2.42. The van der Waals surface area contributed by atoms with Crippen molar-refractivity contribution in [3.8, 4) is 0 Å². The highest BCUT2D eigenvalue weighted by molar-refractivity contribution is 9.10. The molecule has 0 aliphatic rings. The van der Waals surface area contributed by atoms with Crippen LogP contribution in [0.15, 0.2) is 22.7 Å². The van der Waals surface area contributed by atoms with Crippen LogP contribution in [0.4, 0.5) is 4.39 Å². The standard InChI is InChI=1S/C15H21BrFNO2/c1-4-11(5-2)18(9-10-20-3)15(19)12-7-6-8-13(16)14(12)17/h6-8,11H,4-5,9-10H2,1-3H3. The van der Waals surface area contributed by atoms with Crippen LogP contribution < -0.4 is 0 Å². The van der Waals surface area contributed by atoms with Crippen LogP contribution in [0.2, 0.25) is 0 Å². The Balaban J connectivity index is 3.05. The molecule has 0 unspecified atom stereocenters. The maximum Gasteiger partial charge on any atom is 0.257 e. The van der Waals surface area contributed by atoms with Gasteiger partial charge in [-0.05, 0) is 40.9 Å². The summed E-state index contributed by atoms with van der Waals surface area (Å²) in [5.74, 6) is -0.791. The van der Waals surface area contributed by atoms with Crippen LogP contribution in [0.25, 0.3) is 0 Å². The Morgan fingerprint density at radius 3 is 2.60 bits per heavy atom. The molecule has 0 heterocycles. The molecule has 0 N–H and O–H groups in total. The number of ether oxygens (including phenoxy) is 1. The molecule has 0 saturated heterocycles. The molecule has 0 fully saturated rings. The Hall–Kier alpha value is -0.940. The molecule has 5 heteroatoms. The maximum atomic E-state index is 14.1.